The first kappa shape index (κ1) is 8.60. The molecule has 0 fully saturated rings. The van der Waals surface area contributed by atoms with E-state index in [0.29, 0.717) is 0 Å². The maximum absolute atomic E-state index is 9.12. The number of aliphatic hydroxyl groups excluding tert-OH is 1. The topological polar surface area (TPSA) is 20.2 Å². The SMILES string of the molecule is C=C(O)C1=CC=CC=CCC=C1. The van der Waals surface area contributed by atoms with Crippen LogP contribution in [0.15, 0.2) is 60.4 Å². The molecule has 1 nitrogen and oxygen atoms in total. The number of hydrogen-bond acceptors (Lipinski definition) is 1. The van der Waals surface area contributed by atoms with E-state index >= 15 is 0 Å². The van der Waals surface area contributed by atoms with Crippen molar-refractivity contribution in [2.45, 2.75) is 6.42 Å². The smallest absolute Gasteiger partial charge is 0.115 e. The fraction of sp³-hybridized carbons (Fsp3) is 0.0909. The van der Waals surface area contributed by atoms with Crippen LogP contribution in [0.25, 0.3) is 0 Å². The van der Waals surface area contributed by atoms with Crippen molar-refractivity contribution in [3.8, 4) is 0 Å². The molecule has 0 aromatic rings. The summed E-state index contributed by atoms with van der Waals surface area (Å²) in [6.45, 7) is 3.46. The summed E-state index contributed by atoms with van der Waals surface area (Å²) in [6.07, 6.45) is 14.4. The molecular weight excluding hydrogens is 148 g/mol. The summed E-state index contributed by atoms with van der Waals surface area (Å²) in [7, 11) is 0. The van der Waals surface area contributed by atoms with Crippen LogP contribution in [0, 0.1) is 0 Å². The Kier molecular flexibility index (Phi) is 3.15. The molecular formula is C11H12O. The Labute approximate surface area is 72.7 Å². The highest BCUT2D eigenvalue weighted by atomic mass is 16.3. The molecule has 0 spiro atoms. The van der Waals surface area contributed by atoms with E-state index in [1.54, 1.807) is 0 Å². The molecule has 1 heteroatoms. The maximum atomic E-state index is 9.12. The summed E-state index contributed by atoms with van der Waals surface area (Å²) in [5.41, 5.74) is 0.759. The largest absolute Gasteiger partial charge is 0.508 e. The predicted octanol–water partition coefficient (Wildman–Crippen LogP) is 3.06. The lowest BCUT2D eigenvalue weighted by Crippen LogP contribution is -1.80. The quantitative estimate of drug-likeness (QED) is 0.584. The number of allylic oxidation sites excluding steroid dienone is 7. The van der Waals surface area contributed by atoms with Gasteiger partial charge in [-0.05, 0) is 6.42 Å². The van der Waals surface area contributed by atoms with Crippen LogP contribution >= 0.6 is 0 Å². The molecule has 0 bridgehead atoms. The van der Waals surface area contributed by atoms with Crippen LogP contribution in [0.3, 0.4) is 0 Å². The standard InChI is InChI=1S/C11H12O/c1-10(12)11-8-6-4-2-3-5-7-9-11/h2-4,6-9,12H,1,5H2. The van der Waals surface area contributed by atoms with E-state index < -0.39 is 0 Å². The molecule has 0 saturated carbocycles. The summed E-state index contributed by atoms with van der Waals surface area (Å²) in [4.78, 5) is 0. The molecule has 1 rings (SSSR count). The van der Waals surface area contributed by atoms with Gasteiger partial charge in [-0.1, -0.05) is 49.1 Å². The van der Waals surface area contributed by atoms with Gasteiger partial charge in [0.25, 0.3) is 0 Å². The lowest BCUT2D eigenvalue weighted by molar-refractivity contribution is 0.429. The summed E-state index contributed by atoms with van der Waals surface area (Å²) in [5.74, 6) is 0.109. The van der Waals surface area contributed by atoms with Gasteiger partial charge >= 0.3 is 0 Å². The molecule has 0 radical (unpaired) electrons. The van der Waals surface area contributed by atoms with Gasteiger partial charge in [-0.15, -0.1) is 0 Å². The van der Waals surface area contributed by atoms with Crippen LogP contribution in [0.1, 0.15) is 6.42 Å². The summed E-state index contributed by atoms with van der Waals surface area (Å²) >= 11 is 0. The van der Waals surface area contributed by atoms with E-state index in [0.717, 1.165) is 12.0 Å². The highest BCUT2D eigenvalue weighted by molar-refractivity contribution is 5.37. The lowest BCUT2D eigenvalue weighted by atomic mass is 10.2. The molecule has 1 N–H and O–H groups in total. The molecule has 0 unspecified atom stereocenters. The second-order valence-corrected chi connectivity index (χ2v) is 2.52. The van der Waals surface area contributed by atoms with Gasteiger partial charge in [0.2, 0.25) is 0 Å². The van der Waals surface area contributed by atoms with Crippen molar-refractivity contribution in [3.63, 3.8) is 0 Å². The van der Waals surface area contributed by atoms with E-state index in [4.69, 9.17) is 5.11 Å². The van der Waals surface area contributed by atoms with Crippen LogP contribution in [0.4, 0.5) is 0 Å². The molecule has 0 saturated heterocycles. The molecule has 1 aliphatic rings. The van der Waals surface area contributed by atoms with E-state index in [9.17, 15) is 0 Å². The van der Waals surface area contributed by atoms with Gasteiger partial charge in [0, 0.05) is 5.57 Å². The van der Waals surface area contributed by atoms with Gasteiger partial charge in [0.05, 0.1) is 0 Å². The third-order valence-corrected chi connectivity index (χ3v) is 1.54. The fourth-order valence-corrected chi connectivity index (χ4v) is 0.902. The minimum Gasteiger partial charge on any atom is -0.508 e. The number of aliphatic hydroxyl groups is 1. The van der Waals surface area contributed by atoms with Crippen molar-refractivity contribution in [1.82, 2.24) is 0 Å². The van der Waals surface area contributed by atoms with Crippen LogP contribution in [0.5, 0.6) is 0 Å². The third-order valence-electron chi connectivity index (χ3n) is 1.54. The van der Waals surface area contributed by atoms with Gasteiger partial charge in [0.1, 0.15) is 5.76 Å². The summed E-state index contributed by atoms with van der Waals surface area (Å²) < 4.78 is 0. The van der Waals surface area contributed by atoms with Gasteiger partial charge in [-0.25, -0.2) is 0 Å². The zero-order valence-corrected chi connectivity index (χ0v) is 6.90. The molecule has 1 aliphatic carbocycles. The van der Waals surface area contributed by atoms with Crippen molar-refractivity contribution in [3.05, 3.63) is 60.4 Å². The van der Waals surface area contributed by atoms with Crippen LogP contribution in [-0.2, 0) is 0 Å². The number of hydrogen-bond donors (Lipinski definition) is 1. The zero-order chi connectivity index (χ0) is 8.81. The second kappa shape index (κ2) is 4.39. The Bertz CT molecular complexity index is 277. The molecule has 0 aliphatic heterocycles. The van der Waals surface area contributed by atoms with Crippen molar-refractivity contribution < 1.29 is 5.11 Å². The normalized spacial score (nSPS) is 16.2. The minimum absolute atomic E-state index is 0.109. The molecule has 0 aromatic heterocycles. The minimum atomic E-state index is 0.109. The van der Waals surface area contributed by atoms with Crippen LogP contribution in [-0.4, -0.2) is 5.11 Å². The molecule has 62 valence electrons. The number of rotatable bonds is 1. The highest BCUT2D eigenvalue weighted by Crippen LogP contribution is 2.08. The van der Waals surface area contributed by atoms with Gasteiger partial charge in [-0.3, -0.25) is 0 Å². The van der Waals surface area contributed by atoms with Gasteiger partial charge in [-0.2, -0.15) is 0 Å². The first-order valence-electron chi connectivity index (χ1n) is 3.89. The van der Waals surface area contributed by atoms with Crippen LogP contribution < -0.4 is 0 Å². The van der Waals surface area contributed by atoms with E-state index in [1.165, 1.54) is 0 Å². The summed E-state index contributed by atoms with van der Waals surface area (Å²) in [6, 6.07) is 0. The Hall–Kier alpha value is -1.50. The highest BCUT2D eigenvalue weighted by Gasteiger charge is 1.92. The van der Waals surface area contributed by atoms with Gasteiger partial charge in [0.15, 0.2) is 0 Å². The third kappa shape index (κ3) is 2.62. The van der Waals surface area contributed by atoms with E-state index in [-0.39, 0.29) is 5.76 Å². The summed E-state index contributed by atoms with van der Waals surface area (Å²) in [5, 5.41) is 9.12. The predicted molar refractivity (Wildman–Crippen MR) is 51.9 cm³/mol. The first-order chi connectivity index (χ1) is 5.80. The van der Waals surface area contributed by atoms with Crippen molar-refractivity contribution >= 4 is 0 Å². The second-order valence-electron chi connectivity index (χ2n) is 2.52. The monoisotopic (exact) mass is 160 g/mol. The molecule has 12 heavy (non-hydrogen) atoms. The average Bonchev–Trinajstić information content (AvgIpc) is 2.15. The van der Waals surface area contributed by atoms with E-state index in [2.05, 4.69) is 6.58 Å². The van der Waals surface area contributed by atoms with Gasteiger partial charge < -0.3 is 5.11 Å². The van der Waals surface area contributed by atoms with Crippen molar-refractivity contribution in [2.24, 2.45) is 0 Å². The molecule has 0 atom stereocenters. The van der Waals surface area contributed by atoms with Crippen molar-refractivity contribution in [2.75, 3.05) is 0 Å². The molecule has 0 heterocycles. The first-order valence-corrected chi connectivity index (χ1v) is 3.89. The Morgan fingerprint density at radius 1 is 1.25 bits per heavy atom. The van der Waals surface area contributed by atoms with Crippen LogP contribution in [0.2, 0.25) is 0 Å². The molecule has 0 aromatic carbocycles. The van der Waals surface area contributed by atoms with E-state index in [1.807, 2.05) is 42.5 Å². The lowest BCUT2D eigenvalue weighted by Gasteiger charge is -1.95. The zero-order valence-electron chi connectivity index (χ0n) is 6.90. The Morgan fingerprint density at radius 3 is 2.83 bits per heavy atom. The Morgan fingerprint density at radius 2 is 2.08 bits per heavy atom. The average molecular weight is 160 g/mol. The fourth-order valence-electron chi connectivity index (χ4n) is 0.902. The van der Waals surface area contributed by atoms with Crippen molar-refractivity contribution in [1.29, 1.82) is 0 Å². The Balaban J connectivity index is 2.85. The molecule has 0 amide bonds. The maximum Gasteiger partial charge on any atom is 0.115 e.